The number of carbonyl (C=O) groups excluding carboxylic acids is 1. The summed E-state index contributed by atoms with van der Waals surface area (Å²) in [7, 11) is 0. The predicted molar refractivity (Wildman–Crippen MR) is 58.0 cm³/mol. The zero-order valence-corrected chi connectivity index (χ0v) is 9.59. The number of allylic oxidation sites excluding steroid dienone is 1. The summed E-state index contributed by atoms with van der Waals surface area (Å²) in [5.74, 6) is -0.192. The quantitative estimate of drug-likeness (QED) is 0.498. The Hall–Kier alpha value is -1.01. The van der Waals surface area contributed by atoms with E-state index in [4.69, 9.17) is 4.74 Å². The van der Waals surface area contributed by atoms with Crippen LogP contribution in [0.2, 0.25) is 0 Å². The second kappa shape index (κ2) is 7.40. The molecule has 0 saturated heterocycles. The molecule has 0 N–H and O–H groups in total. The number of rotatable bonds is 5. The van der Waals surface area contributed by atoms with E-state index < -0.39 is 0 Å². The highest BCUT2D eigenvalue weighted by Gasteiger charge is 2.07. The summed E-state index contributed by atoms with van der Waals surface area (Å²) in [6.07, 6.45) is 4.74. The Kier molecular flexibility index (Phi) is 6.87. The molecule has 14 heavy (non-hydrogen) atoms. The average Bonchev–Trinajstić information content (AvgIpc) is 2.09. The molecule has 0 saturated carbocycles. The molecule has 0 heterocycles. The van der Waals surface area contributed by atoms with E-state index in [1.165, 1.54) is 12.5 Å². The van der Waals surface area contributed by atoms with Gasteiger partial charge in [-0.1, -0.05) is 6.92 Å². The molecule has 0 spiro atoms. The van der Waals surface area contributed by atoms with Crippen LogP contribution >= 0.6 is 0 Å². The first-order valence-electron chi connectivity index (χ1n) is 5.11. The third-order valence-corrected chi connectivity index (χ3v) is 1.81. The molecule has 2 nitrogen and oxygen atoms in total. The maximum Gasteiger partial charge on any atom is 0.302 e. The van der Waals surface area contributed by atoms with Crippen LogP contribution in [0, 0.1) is 0 Å². The standard InChI is InChI=1S/C12H20O2/c1-5-12(14-11(4)13)9-7-6-8-10(2)3/h6,12H,5,7,9H2,1-4H3/t12-/m0/s1. The van der Waals surface area contributed by atoms with Crippen LogP contribution in [0.4, 0.5) is 0 Å². The topological polar surface area (TPSA) is 26.3 Å². The summed E-state index contributed by atoms with van der Waals surface area (Å²) >= 11 is 0. The highest BCUT2D eigenvalue weighted by Crippen LogP contribution is 2.07. The van der Waals surface area contributed by atoms with Crippen LogP contribution in [-0.2, 0) is 9.53 Å². The summed E-state index contributed by atoms with van der Waals surface area (Å²) < 4.78 is 5.11. The summed E-state index contributed by atoms with van der Waals surface area (Å²) in [6, 6.07) is 0. The molecular weight excluding hydrogens is 176 g/mol. The van der Waals surface area contributed by atoms with E-state index in [0.717, 1.165) is 19.3 Å². The van der Waals surface area contributed by atoms with Gasteiger partial charge in [0.15, 0.2) is 0 Å². The fourth-order valence-electron chi connectivity index (χ4n) is 1.13. The Bertz CT molecular complexity index is 231. The molecule has 0 aromatic rings. The lowest BCUT2D eigenvalue weighted by atomic mass is 10.1. The van der Waals surface area contributed by atoms with E-state index in [9.17, 15) is 4.79 Å². The number of carbonyl (C=O) groups is 1. The van der Waals surface area contributed by atoms with Crippen molar-refractivity contribution in [3.63, 3.8) is 0 Å². The van der Waals surface area contributed by atoms with E-state index >= 15 is 0 Å². The van der Waals surface area contributed by atoms with Gasteiger partial charge in [-0.25, -0.2) is 0 Å². The van der Waals surface area contributed by atoms with Crippen LogP contribution in [0.5, 0.6) is 0 Å². The van der Waals surface area contributed by atoms with Crippen LogP contribution < -0.4 is 0 Å². The average molecular weight is 196 g/mol. The fourth-order valence-corrected chi connectivity index (χ4v) is 1.13. The Balaban J connectivity index is 3.85. The zero-order chi connectivity index (χ0) is 11.0. The molecule has 0 aliphatic heterocycles. The zero-order valence-electron chi connectivity index (χ0n) is 9.59. The second-order valence-corrected chi connectivity index (χ2v) is 3.57. The van der Waals surface area contributed by atoms with Crippen LogP contribution in [0.3, 0.4) is 0 Å². The van der Waals surface area contributed by atoms with Crippen molar-refractivity contribution in [3.05, 3.63) is 17.4 Å². The molecule has 0 aromatic carbocycles. The maximum atomic E-state index is 10.7. The third kappa shape index (κ3) is 7.63. The first kappa shape index (κ1) is 13.0. The molecule has 0 aromatic heterocycles. The van der Waals surface area contributed by atoms with Crippen molar-refractivity contribution >= 4 is 5.97 Å². The summed E-state index contributed by atoms with van der Waals surface area (Å²) in [6.45, 7) is 7.51. The molecule has 0 radical (unpaired) electrons. The van der Waals surface area contributed by atoms with Gasteiger partial charge < -0.3 is 4.74 Å². The van der Waals surface area contributed by atoms with Crippen molar-refractivity contribution in [1.29, 1.82) is 0 Å². The normalized spacial score (nSPS) is 11.4. The number of hydrogen-bond acceptors (Lipinski definition) is 2. The summed E-state index contributed by atoms with van der Waals surface area (Å²) in [5, 5.41) is 0. The van der Waals surface area contributed by atoms with Gasteiger partial charge in [0.1, 0.15) is 6.10 Å². The Labute approximate surface area is 86.6 Å². The highest BCUT2D eigenvalue weighted by atomic mass is 16.5. The molecule has 0 fully saturated rings. The van der Waals surface area contributed by atoms with Crippen molar-refractivity contribution in [2.45, 2.75) is 53.1 Å². The molecule has 80 valence electrons. The van der Waals surface area contributed by atoms with Crippen LogP contribution in [0.15, 0.2) is 17.4 Å². The van der Waals surface area contributed by atoms with Crippen LogP contribution in [0.25, 0.3) is 0 Å². The summed E-state index contributed by atoms with van der Waals surface area (Å²) in [4.78, 5) is 10.7. The molecule has 0 amide bonds. The first-order chi connectivity index (χ1) is 6.56. The van der Waals surface area contributed by atoms with Crippen molar-refractivity contribution in [3.8, 4) is 0 Å². The summed E-state index contributed by atoms with van der Waals surface area (Å²) in [5.41, 5.74) is 4.30. The van der Waals surface area contributed by atoms with Crippen LogP contribution in [0.1, 0.15) is 47.0 Å². The van der Waals surface area contributed by atoms with Gasteiger partial charge in [0, 0.05) is 6.92 Å². The fraction of sp³-hybridized carbons (Fsp3) is 0.667. The molecule has 0 unspecified atom stereocenters. The van der Waals surface area contributed by atoms with E-state index in [1.54, 1.807) is 0 Å². The van der Waals surface area contributed by atoms with Gasteiger partial charge in [-0.05, 0) is 44.8 Å². The van der Waals surface area contributed by atoms with Gasteiger partial charge in [-0.2, -0.15) is 0 Å². The molecular formula is C12H20O2. The molecule has 1 atom stereocenters. The number of esters is 1. The van der Waals surface area contributed by atoms with E-state index in [1.807, 2.05) is 26.8 Å². The monoisotopic (exact) mass is 196 g/mol. The highest BCUT2D eigenvalue weighted by molar-refractivity contribution is 5.66. The minimum Gasteiger partial charge on any atom is -0.463 e. The second-order valence-electron chi connectivity index (χ2n) is 3.57. The molecule has 2 heteroatoms. The largest absolute Gasteiger partial charge is 0.463 e. The Morgan fingerprint density at radius 1 is 1.43 bits per heavy atom. The van der Waals surface area contributed by atoms with Crippen molar-refractivity contribution in [2.24, 2.45) is 0 Å². The van der Waals surface area contributed by atoms with Crippen LogP contribution in [-0.4, -0.2) is 12.1 Å². The molecule has 0 rings (SSSR count). The Morgan fingerprint density at radius 3 is 2.50 bits per heavy atom. The predicted octanol–water partition coefficient (Wildman–Crippen LogP) is 3.23. The van der Waals surface area contributed by atoms with E-state index in [-0.39, 0.29) is 12.1 Å². The lowest BCUT2D eigenvalue weighted by Crippen LogP contribution is -2.14. The van der Waals surface area contributed by atoms with Crippen molar-refractivity contribution < 1.29 is 9.53 Å². The van der Waals surface area contributed by atoms with Gasteiger partial charge in [0.25, 0.3) is 0 Å². The van der Waals surface area contributed by atoms with E-state index in [2.05, 4.69) is 5.73 Å². The minimum absolute atomic E-state index is 0.0581. The number of hydrogen-bond donors (Lipinski definition) is 0. The minimum atomic E-state index is -0.192. The lowest BCUT2D eigenvalue weighted by Gasteiger charge is -2.13. The Morgan fingerprint density at radius 2 is 2.07 bits per heavy atom. The van der Waals surface area contributed by atoms with Gasteiger partial charge in [-0.3, -0.25) is 4.79 Å². The smallest absolute Gasteiger partial charge is 0.302 e. The SMILES string of the molecule is CC[C@@H](CCC=C=C(C)C)OC(C)=O. The van der Waals surface area contributed by atoms with Gasteiger partial charge in [0.2, 0.25) is 0 Å². The lowest BCUT2D eigenvalue weighted by molar-refractivity contribution is -0.146. The number of ether oxygens (including phenoxy) is 1. The maximum absolute atomic E-state index is 10.7. The third-order valence-electron chi connectivity index (χ3n) is 1.81. The first-order valence-corrected chi connectivity index (χ1v) is 5.11. The van der Waals surface area contributed by atoms with Crippen molar-refractivity contribution in [1.82, 2.24) is 0 Å². The van der Waals surface area contributed by atoms with E-state index in [0.29, 0.717) is 0 Å². The van der Waals surface area contributed by atoms with Gasteiger partial charge >= 0.3 is 5.97 Å². The van der Waals surface area contributed by atoms with Gasteiger partial charge in [-0.15, -0.1) is 5.73 Å². The van der Waals surface area contributed by atoms with Crippen molar-refractivity contribution in [2.75, 3.05) is 0 Å². The molecule has 0 bridgehead atoms. The van der Waals surface area contributed by atoms with Gasteiger partial charge in [0.05, 0.1) is 0 Å². The molecule has 0 aliphatic rings. The molecule has 0 aliphatic carbocycles.